The average molecular weight is 462 g/mol. The van der Waals surface area contributed by atoms with Crippen LogP contribution in [-0.4, -0.2) is 38.7 Å². The van der Waals surface area contributed by atoms with Crippen molar-refractivity contribution >= 4 is 40.3 Å². The number of H-pyrrole nitrogens is 1. The number of halogens is 3. The van der Waals surface area contributed by atoms with Crippen molar-refractivity contribution in [2.75, 3.05) is 16.6 Å². The number of rotatable bonds is 8. The van der Waals surface area contributed by atoms with Gasteiger partial charge in [0.25, 0.3) is 0 Å². The van der Waals surface area contributed by atoms with Gasteiger partial charge in [-0.25, -0.2) is 23.1 Å². The van der Waals surface area contributed by atoms with Crippen molar-refractivity contribution < 1.29 is 18.0 Å². The highest BCUT2D eigenvalue weighted by atomic mass is 32.2. The van der Waals surface area contributed by atoms with Crippen LogP contribution in [0.15, 0.2) is 24.7 Å². The SMILES string of the molecule is O=C(c1c(F)ccc(NSC2CCC(F)C2)c1F)c1c[nH]c2ncnc(NCC3CC3)c12. The summed E-state index contributed by atoms with van der Waals surface area (Å²) in [7, 11) is 0. The van der Waals surface area contributed by atoms with Gasteiger partial charge < -0.3 is 15.0 Å². The van der Waals surface area contributed by atoms with E-state index >= 15 is 4.39 Å². The summed E-state index contributed by atoms with van der Waals surface area (Å²) in [5.74, 6) is -1.70. The van der Waals surface area contributed by atoms with Gasteiger partial charge in [-0.3, -0.25) is 4.79 Å². The number of hydrogen-bond acceptors (Lipinski definition) is 6. The fourth-order valence-corrected chi connectivity index (χ4v) is 4.96. The van der Waals surface area contributed by atoms with E-state index in [1.807, 2.05) is 0 Å². The Labute approximate surface area is 186 Å². The van der Waals surface area contributed by atoms with Gasteiger partial charge in [0.1, 0.15) is 29.8 Å². The van der Waals surface area contributed by atoms with E-state index in [0.29, 0.717) is 48.6 Å². The molecule has 6 nitrogen and oxygen atoms in total. The molecule has 1 aromatic carbocycles. The predicted molar refractivity (Wildman–Crippen MR) is 119 cm³/mol. The van der Waals surface area contributed by atoms with Gasteiger partial charge in [0.15, 0.2) is 5.82 Å². The molecule has 10 heteroatoms. The van der Waals surface area contributed by atoms with Crippen molar-refractivity contribution in [1.29, 1.82) is 0 Å². The highest BCUT2D eigenvalue weighted by Gasteiger charge is 2.28. The van der Waals surface area contributed by atoms with Gasteiger partial charge in [-0.05, 0) is 62.1 Å². The lowest BCUT2D eigenvalue weighted by Crippen LogP contribution is -2.11. The minimum Gasteiger partial charge on any atom is -0.369 e. The average Bonchev–Trinajstić information content (AvgIpc) is 3.35. The maximum atomic E-state index is 15.2. The summed E-state index contributed by atoms with van der Waals surface area (Å²) >= 11 is 1.20. The summed E-state index contributed by atoms with van der Waals surface area (Å²) in [6.07, 6.45) is 5.75. The first-order chi connectivity index (χ1) is 15.5. The number of aromatic nitrogens is 3. The summed E-state index contributed by atoms with van der Waals surface area (Å²) in [5, 5.41) is 3.63. The Balaban J connectivity index is 1.44. The van der Waals surface area contributed by atoms with Gasteiger partial charge in [0.2, 0.25) is 5.78 Å². The molecule has 2 aromatic heterocycles. The van der Waals surface area contributed by atoms with E-state index in [0.717, 1.165) is 18.9 Å². The number of nitrogens with zero attached hydrogens (tertiary/aromatic N) is 2. The van der Waals surface area contributed by atoms with Crippen molar-refractivity contribution in [1.82, 2.24) is 15.0 Å². The number of carbonyl (C=O) groups excluding carboxylic acids is 1. The van der Waals surface area contributed by atoms with Gasteiger partial charge in [0.05, 0.1) is 22.2 Å². The predicted octanol–water partition coefficient (Wildman–Crippen LogP) is 5.24. The van der Waals surface area contributed by atoms with Crippen LogP contribution in [0.1, 0.15) is 48.0 Å². The van der Waals surface area contributed by atoms with E-state index in [9.17, 15) is 13.6 Å². The topological polar surface area (TPSA) is 82.7 Å². The third-order valence-electron chi connectivity index (χ3n) is 5.94. The number of benzene rings is 1. The maximum Gasteiger partial charge on any atom is 0.201 e. The second-order valence-electron chi connectivity index (χ2n) is 8.34. The summed E-state index contributed by atoms with van der Waals surface area (Å²) in [5.41, 5.74) is -0.152. The first-order valence-corrected chi connectivity index (χ1v) is 11.5. The molecule has 0 amide bonds. The number of alkyl halides is 1. The van der Waals surface area contributed by atoms with E-state index in [1.54, 1.807) is 0 Å². The van der Waals surface area contributed by atoms with Crippen molar-refractivity contribution in [3.63, 3.8) is 0 Å². The molecule has 0 spiro atoms. The lowest BCUT2D eigenvalue weighted by Gasteiger charge is -2.13. The summed E-state index contributed by atoms with van der Waals surface area (Å²) in [4.78, 5) is 24.5. The Morgan fingerprint density at radius 1 is 1.19 bits per heavy atom. The molecule has 2 heterocycles. The van der Waals surface area contributed by atoms with Crippen molar-refractivity contribution in [3.05, 3.63) is 47.4 Å². The number of carbonyl (C=O) groups is 1. The number of anilines is 2. The van der Waals surface area contributed by atoms with E-state index in [4.69, 9.17) is 0 Å². The van der Waals surface area contributed by atoms with E-state index < -0.39 is 29.2 Å². The van der Waals surface area contributed by atoms with Crippen molar-refractivity contribution in [3.8, 4) is 0 Å². The molecule has 3 N–H and O–H groups in total. The number of ketones is 1. The molecule has 2 fully saturated rings. The first kappa shape index (κ1) is 21.1. The van der Waals surface area contributed by atoms with Crippen LogP contribution in [0.2, 0.25) is 0 Å². The summed E-state index contributed by atoms with van der Waals surface area (Å²) < 4.78 is 46.1. The van der Waals surface area contributed by atoms with Gasteiger partial charge in [-0.1, -0.05) is 0 Å². The second kappa shape index (κ2) is 8.65. The second-order valence-corrected chi connectivity index (χ2v) is 9.44. The van der Waals surface area contributed by atoms with Gasteiger partial charge in [-0.2, -0.15) is 0 Å². The highest BCUT2D eigenvalue weighted by molar-refractivity contribution is 8.01. The highest BCUT2D eigenvalue weighted by Crippen LogP contribution is 2.35. The molecule has 3 aromatic rings. The van der Waals surface area contributed by atoms with Crippen LogP contribution >= 0.6 is 11.9 Å². The van der Waals surface area contributed by atoms with Crippen molar-refractivity contribution in [2.24, 2.45) is 5.92 Å². The lowest BCUT2D eigenvalue weighted by atomic mass is 10.0. The fourth-order valence-electron chi connectivity index (χ4n) is 3.95. The molecule has 2 atom stereocenters. The molecule has 2 unspecified atom stereocenters. The molecule has 2 aliphatic carbocycles. The normalized spacial score (nSPS) is 20.6. The van der Waals surface area contributed by atoms with Crippen LogP contribution < -0.4 is 10.0 Å². The number of fused-ring (bicyclic) bond motifs is 1. The molecule has 32 heavy (non-hydrogen) atoms. The minimum absolute atomic E-state index is 0.000490. The van der Waals surface area contributed by atoms with E-state index in [2.05, 4.69) is 25.0 Å². The molecule has 0 radical (unpaired) electrons. The number of aromatic amines is 1. The Kier molecular flexibility index (Phi) is 5.71. The van der Waals surface area contributed by atoms with Crippen LogP contribution in [-0.2, 0) is 0 Å². The van der Waals surface area contributed by atoms with Gasteiger partial charge >= 0.3 is 0 Å². The molecule has 5 rings (SSSR count). The lowest BCUT2D eigenvalue weighted by molar-refractivity contribution is 0.103. The van der Waals surface area contributed by atoms with Crippen molar-refractivity contribution in [2.45, 2.75) is 43.5 Å². The Hall–Kier alpha value is -2.75. The van der Waals surface area contributed by atoms with Gasteiger partial charge in [-0.15, -0.1) is 0 Å². The fraction of sp³-hybridized carbons (Fsp3) is 0.409. The standard InChI is InChI=1S/C22H22F3N5OS/c23-12-3-4-13(7-12)32-30-16-6-5-15(24)18(19(16)25)20(31)14-9-27-22-17(14)21(28-10-29-22)26-8-11-1-2-11/h5-6,9-13,30H,1-4,7-8H2,(H2,26,27,28,29). The van der Waals surface area contributed by atoms with Crippen LogP contribution in [0.3, 0.4) is 0 Å². The first-order valence-electron chi connectivity index (χ1n) is 10.7. The summed E-state index contributed by atoms with van der Waals surface area (Å²) in [6.45, 7) is 0.713. The van der Waals surface area contributed by atoms with Gasteiger partial charge in [0, 0.05) is 18.0 Å². The number of nitrogens with one attached hydrogen (secondary N) is 3. The Bertz CT molecular complexity index is 1170. The van der Waals surface area contributed by atoms with E-state index in [-0.39, 0.29) is 16.5 Å². The smallest absolute Gasteiger partial charge is 0.201 e. The molecule has 2 aliphatic rings. The van der Waals surface area contributed by atoms with Crippen LogP contribution in [0, 0.1) is 17.6 Å². The monoisotopic (exact) mass is 461 g/mol. The zero-order chi connectivity index (χ0) is 22.2. The van der Waals surface area contributed by atoms with Crippen LogP contribution in [0.5, 0.6) is 0 Å². The molecular formula is C22H22F3N5OS. The molecule has 168 valence electrons. The quantitative estimate of drug-likeness (QED) is 0.314. The van der Waals surface area contributed by atoms with Crippen LogP contribution in [0.4, 0.5) is 24.7 Å². The maximum absolute atomic E-state index is 15.2. The Morgan fingerprint density at radius 3 is 2.78 bits per heavy atom. The third-order valence-corrected chi connectivity index (χ3v) is 7.04. The van der Waals surface area contributed by atoms with E-state index in [1.165, 1.54) is 30.5 Å². The molecule has 0 aliphatic heterocycles. The number of hydrogen-bond donors (Lipinski definition) is 3. The Morgan fingerprint density at radius 2 is 2.03 bits per heavy atom. The summed E-state index contributed by atoms with van der Waals surface area (Å²) in [6, 6.07) is 2.31. The zero-order valence-electron chi connectivity index (χ0n) is 17.1. The largest absolute Gasteiger partial charge is 0.369 e. The molecule has 2 saturated carbocycles. The zero-order valence-corrected chi connectivity index (χ0v) is 17.9. The van der Waals surface area contributed by atoms with Crippen LogP contribution in [0.25, 0.3) is 11.0 Å². The third kappa shape index (κ3) is 4.15. The molecule has 0 saturated heterocycles. The minimum atomic E-state index is -0.976. The molecule has 0 bridgehead atoms. The molecular weight excluding hydrogens is 439 g/mol.